The number of nitriles is 1. The lowest BCUT2D eigenvalue weighted by Crippen LogP contribution is -2.31. The molecule has 0 saturated heterocycles. The number of hydrogen-bond acceptors (Lipinski definition) is 4. The number of allylic oxidation sites excluding steroid dienone is 1. The Morgan fingerprint density at radius 2 is 1.79 bits per heavy atom. The fourth-order valence-corrected chi connectivity index (χ4v) is 3.31. The Bertz CT molecular complexity index is 1200. The summed E-state index contributed by atoms with van der Waals surface area (Å²) >= 11 is 0. The molecule has 0 aliphatic rings. The Labute approximate surface area is 163 Å². The molecule has 5 nitrogen and oxygen atoms in total. The van der Waals surface area contributed by atoms with Gasteiger partial charge in [0.1, 0.15) is 17.4 Å². The van der Waals surface area contributed by atoms with Gasteiger partial charge in [0.25, 0.3) is 0 Å². The summed E-state index contributed by atoms with van der Waals surface area (Å²) in [6.07, 6.45) is 0. The second-order valence-electron chi connectivity index (χ2n) is 6.79. The molecule has 0 fully saturated rings. The largest absolute Gasteiger partial charge is 0.509 e. The number of aromatic nitrogens is 2. The summed E-state index contributed by atoms with van der Waals surface area (Å²) in [6.45, 7) is 1.87. The number of fused-ring (bicyclic) bond motifs is 2. The van der Waals surface area contributed by atoms with Gasteiger partial charge in [0.15, 0.2) is 5.82 Å². The molecule has 2 N–H and O–H groups in total. The predicted octanol–water partition coefficient (Wildman–Crippen LogP) is 5.03. The molecular formula is C23H20N4O. The predicted molar refractivity (Wildman–Crippen MR) is 113 cm³/mol. The van der Waals surface area contributed by atoms with E-state index < -0.39 is 6.04 Å². The first kappa shape index (κ1) is 17.6. The van der Waals surface area contributed by atoms with Gasteiger partial charge in [-0.05, 0) is 42.0 Å². The van der Waals surface area contributed by atoms with E-state index in [1.165, 1.54) is 0 Å². The number of aliphatic hydroxyl groups excluding tert-OH is 1. The maximum absolute atomic E-state index is 10.9. The van der Waals surface area contributed by atoms with E-state index in [1.807, 2.05) is 61.3 Å². The number of aliphatic hydroxyl groups is 1. The zero-order valence-corrected chi connectivity index (χ0v) is 15.7. The van der Waals surface area contributed by atoms with E-state index in [1.54, 1.807) is 0 Å². The van der Waals surface area contributed by atoms with Crippen LogP contribution in [0, 0.1) is 11.3 Å². The number of nitrogens with one attached hydrogen (secondary N) is 1. The van der Waals surface area contributed by atoms with Crippen LogP contribution in [0.5, 0.6) is 0 Å². The Kier molecular flexibility index (Phi) is 4.46. The minimum Gasteiger partial charge on any atom is -0.509 e. The van der Waals surface area contributed by atoms with Gasteiger partial charge < -0.3 is 15.0 Å². The molecule has 0 radical (unpaired) electrons. The average molecular weight is 368 g/mol. The van der Waals surface area contributed by atoms with E-state index >= 15 is 0 Å². The van der Waals surface area contributed by atoms with Crippen LogP contribution in [0.15, 0.2) is 72.5 Å². The molecule has 28 heavy (non-hydrogen) atoms. The number of imidazole rings is 1. The van der Waals surface area contributed by atoms with E-state index in [-0.39, 0.29) is 11.3 Å². The second-order valence-corrected chi connectivity index (χ2v) is 6.79. The van der Waals surface area contributed by atoms with Gasteiger partial charge in [-0.3, -0.25) is 0 Å². The molecule has 0 bridgehead atoms. The minimum atomic E-state index is -0.399. The van der Waals surface area contributed by atoms with Gasteiger partial charge >= 0.3 is 0 Å². The molecule has 3 aromatic carbocycles. The number of anilines is 1. The molecule has 0 spiro atoms. The number of hydrogen-bond donors (Lipinski definition) is 2. The van der Waals surface area contributed by atoms with Crippen LogP contribution in [0.4, 0.5) is 5.69 Å². The summed E-state index contributed by atoms with van der Waals surface area (Å²) in [6, 6.07) is 23.5. The molecule has 0 amide bonds. The van der Waals surface area contributed by atoms with Gasteiger partial charge in [-0.2, -0.15) is 5.26 Å². The van der Waals surface area contributed by atoms with Gasteiger partial charge in [-0.25, -0.2) is 4.98 Å². The monoisotopic (exact) mass is 368 g/mol. The van der Waals surface area contributed by atoms with Crippen molar-refractivity contribution in [3.05, 3.63) is 78.3 Å². The summed E-state index contributed by atoms with van der Waals surface area (Å²) in [5, 5.41) is 22.8. The van der Waals surface area contributed by atoms with E-state index in [9.17, 15) is 10.4 Å². The van der Waals surface area contributed by atoms with Crippen LogP contribution in [0.2, 0.25) is 0 Å². The Balaban J connectivity index is 1.71. The van der Waals surface area contributed by atoms with Gasteiger partial charge in [0.05, 0.1) is 17.1 Å². The molecular weight excluding hydrogens is 348 g/mol. The lowest BCUT2D eigenvalue weighted by molar-refractivity contribution is 0.373. The van der Waals surface area contributed by atoms with Crippen LogP contribution in [0.1, 0.15) is 12.7 Å². The second kappa shape index (κ2) is 7.09. The average Bonchev–Trinajstić information content (AvgIpc) is 3.16. The standard InChI is InChI=1S/C23H20N4O/c1-15(27(2)18-12-11-16-7-3-4-8-17(16)13-18)22(28)19(14-24)23-25-20-9-5-6-10-21(20)26-23/h3-13,15,28H,1-2H3,(H,25,26)/b22-19-/t15-/m0/s1. The van der Waals surface area contributed by atoms with Crippen molar-refractivity contribution in [1.29, 1.82) is 5.26 Å². The first-order valence-electron chi connectivity index (χ1n) is 9.08. The highest BCUT2D eigenvalue weighted by Gasteiger charge is 2.21. The first-order valence-corrected chi connectivity index (χ1v) is 9.08. The smallest absolute Gasteiger partial charge is 0.152 e. The van der Waals surface area contributed by atoms with Crippen molar-refractivity contribution in [2.45, 2.75) is 13.0 Å². The fourth-order valence-electron chi connectivity index (χ4n) is 3.31. The van der Waals surface area contributed by atoms with Crippen LogP contribution >= 0.6 is 0 Å². The SMILES string of the molecule is C[C@@H](/C(O)=C(\C#N)c1nc2ccccc2[nH]1)N(C)c1ccc2ccccc2c1. The number of para-hydroxylation sites is 2. The number of benzene rings is 3. The quantitative estimate of drug-likeness (QED) is 0.391. The third-order valence-electron chi connectivity index (χ3n) is 5.11. The first-order chi connectivity index (χ1) is 13.6. The van der Waals surface area contributed by atoms with Crippen molar-refractivity contribution >= 4 is 33.1 Å². The molecule has 0 aliphatic heterocycles. The summed E-state index contributed by atoms with van der Waals surface area (Å²) in [5.74, 6) is 0.358. The molecule has 0 saturated carbocycles. The van der Waals surface area contributed by atoms with E-state index in [4.69, 9.17) is 0 Å². The van der Waals surface area contributed by atoms with Crippen LogP contribution in [0.25, 0.3) is 27.4 Å². The van der Waals surface area contributed by atoms with Crippen LogP contribution in [-0.4, -0.2) is 28.2 Å². The maximum atomic E-state index is 10.9. The highest BCUT2D eigenvalue weighted by atomic mass is 16.3. The topological polar surface area (TPSA) is 75.9 Å². The van der Waals surface area contributed by atoms with Crippen molar-refractivity contribution in [3.8, 4) is 6.07 Å². The van der Waals surface area contributed by atoms with E-state index in [0.29, 0.717) is 5.82 Å². The van der Waals surface area contributed by atoms with E-state index in [2.05, 4.69) is 40.3 Å². The van der Waals surface area contributed by atoms with Crippen molar-refractivity contribution in [1.82, 2.24) is 9.97 Å². The number of nitrogens with zero attached hydrogens (tertiary/aromatic N) is 3. The lowest BCUT2D eigenvalue weighted by Gasteiger charge is -2.27. The third kappa shape index (κ3) is 3.06. The summed E-state index contributed by atoms with van der Waals surface area (Å²) in [5.41, 5.74) is 2.69. The molecule has 0 aliphatic carbocycles. The zero-order valence-electron chi connectivity index (χ0n) is 15.7. The highest BCUT2D eigenvalue weighted by molar-refractivity contribution is 5.86. The maximum Gasteiger partial charge on any atom is 0.152 e. The molecule has 4 rings (SSSR count). The molecule has 0 unspecified atom stereocenters. The minimum absolute atomic E-state index is 0.0165. The molecule has 4 aromatic rings. The Morgan fingerprint density at radius 3 is 2.54 bits per heavy atom. The van der Waals surface area contributed by atoms with Gasteiger partial charge in [0, 0.05) is 12.7 Å². The summed E-state index contributed by atoms with van der Waals surface area (Å²) < 4.78 is 0. The van der Waals surface area contributed by atoms with Gasteiger partial charge in [-0.15, -0.1) is 0 Å². The molecule has 5 heteroatoms. The van der Waals surface area contributed by atoms with Crippen LogP contribution in [0.3, 0.4) is 0 Å². The summed E-state index contributed by atoms with van der Waals surface area (Å²) in [7, 11) is 1.90. The van der Waals surface area contributed by atoms with Crippen molar-refractivity contribution in [2.24, 2.45) is 0 Å². The van der Waals surface area contributed by atoms with E-state index in [0.717, 1.165) is 27.5 Å². The molecule has 1 aromatic heterocycles. The van der Waals surface area contributed by atoms with Crippen molar-refractivity contribution in [3.63, 3.8) is 0 Å². The molecule has 1 heterocycles. The van der Waals surface area contributed by atoms with Crippen LogP contribution in [-0.2, 0) is 0 Å². The van der Waals surface area contributed by atoms with Crippen LogP contribution < -0.4 is 4.90 Å². The van der Waals surface area contributed by atoms with Gasteiger partial charge in [-0.1, -0.05) is 42.5 Å². The zero-order chi connectivity index (χ0) is 19.7. The number of likely N-dealkylation sites (N-methyl/N-ethyl adjacent to an activating group) is 1. The fraction of sp³-hybridized carbons (Fsp3) is 0.130. The number of H-pyrrole nitrogens is 1. The van der Waals surface area contributed by atoms with Gasteiger partial charge in [0.2, 0.25) is 0 Å². The number of aromatic amines is 1. The highest BCUT2D eigenvalue weighted by Crippen LogP contribution is 2.27. The van der Waals surface area contributed by atoms with Crippen molar-refractivity contribution in [2.75, 3.05) is 11.9 Å². The Morgan fingerprint density at radius 1 is 1.07 bits per heavy atom. The lowest BCUT2D eigenvalue weighted by atomic mass is 10.1. The molecule has 138 valence electrons. The van der Waals surface area contributed by atoms with Crippen molar-refractivity contribution < 1.29 is 5.11 Å². The Hall–Kier alpha value is -3.78. The summed E-state index contributed by atoms with van der Waals surface area (Å²) in [4.78, 5) is 9.51. The third-order valence-corrected chi connectivity index (χ3v) is 5.11. The number of rotatable bonds is 4. The normalized spacial score (nSPS) is 13.2. The molecule has 1 atom stereocenters.